The Kier molecular flexibility index (Phi) is 7.67. The molecular weight excluding hydrogens is 516 g/mol. The first-order chi connectivity index (χ1) is 15.9. The highest BCUT2D eigenvalue weighted by Gasteiger charge is 2.36. The van der Waals surface area contributed by atoms with E-state index < -0.39 is 43.2 Å². The highest BCUT2D eigenvalue weighted by atomic mass is 35.5. The average molecular weight is 531 g/mol. The second-order valence-electron chi connectivity index (χ2n) is 6.96. The predicted molar refractivity (Wildman–Crippen MR) is 123 cm³/mol. The number of benzene rings is 3. The molecule has 0 saturated heterocycles. The van der Waals surface area contributed by atoms with Crippen LogP contribution in [0.3, 0.4) is 0 Å². The molecule has 0 heterocycles. The first-order valence-corrected chi connectivity index (χ1v) is 11.6. The van der Waals surface area contributed by atoms with Crippen molar-refractivity contribution >= 4 is 45.4 Å². The van der Waals surface area contributed by atoms with Crippen LogP contribution in [0.15, 0.2) is 70.7 Å². The van der Waals surface area contributed by atoms with Crippen molar-refractivity contribution in [3.63, 3.8) is 0 Å². The van der Waals surface area contributed by atoms with E-state index in [4.69, 9.17) is 23.2 Å². The number of alkyl halides is 3. The lowest BCUT2D eigenvalue weighted by atomic mass is 9.98. The van der Waals surface area contributed by atoms with Gasteiger partial charge in [0.2, 0.25) is 5.91 Å². The third-order valence-corrected chi connectivity index (χ3v) is 6.09. The summed E-state index contributed by atoms with van der Waals surface area (Å²) in [5, 5.41) is 3.35. The summed E-state index contributed by atoms with van der Waals surface area (Å²) in [5.41, 5.74) is 1.16. The largest absolute Gasteiger partial charge is 0.417 e. The molecule has 34 heavy (non-hydrogen) atoms. The molecule has 0 saturated carbocycles. The fourth-order valence-electron chi connectivity index (χ4n) is 3.13. The molecule has 0 aliphatic carbocycles. The Morgan fingerprint density at radius 1 is 1.06 bits per heavy atom. The standard InChI is InChI=1S/C22H15Cl2F3N2O4S/c23-15-6-3-4-13(10-15)11-19(30)29-28-12-14-5-1-2-7-16(14)20-18(34(31,32)33)9-8-17(21(20)24)22(25,26)27/h1-10,12H,11H2,(H,29,30)(H,31,32,33)/b28-12+. The molecule has 0 aromatic heterocycles. The van der Waals surface area contributed by atoms with Gasteiger partial charge in [0.25, 0.3) is 10.1 Å². The topological polar surface area (TPSA) is 95.8 Å². The number of nitrogens with zero attached hydrogens (tertiary/aromatic N) is 1. The number of nitrogens with one attached hydrogen (secondary N) is 1. The summed E-state index contributed by atoms with van der Waals surface area (Å²) in [6.07, 6.45) is -3.79. The van der Waals surface area contributed by atoms with Gasteiger partial charge >= 0.3 is 6.18 Å². The lowest BCUT2D eigenvalue weighted by molar-refractivity contribution is -0.137. The molecule has 12 heteroatoms. The van der Waals surface area contributed by atoms with E-state index in [1.54, 1.807) is 24.3 Å². The summed E-state index contributed by atoms with van der Waals surface area (Å²) in [7, 11) is -4.93. The van der Waals surface area contributed by atoms with Crippen molar-refractivity contribution in [2.45, 2.75) is 17.5 Å². The monoisotopic (exact) mass is 530 g/mol. The second-order valence-corrected chi connectivity index (χ2v) is 9.16. The maximum atomic E-state index is 13.4. The Hall–Kier alpha value is -2.92. The molecule has 178 valence electrons. The zero-order valence-electron chi connectivity index (χ0n) is 17.0. The summed E-state index contributed by atoms with van der Waals surface area (Å²) in [4.78, 5) is 11.3. The van der Waals surface area contributed by atoms with Gasteiger partial charge in [0, 0.05) is 16.1 Å². The van der Waals surface area contributed by atoms with Gasteiger partial charge < -0.3 is 0 Å². The van der Waals surface area contributed by atoms with Gasteiger partial charge in [-0.05, 0) is 35.4 Å². The van der Waals surface area contributed by atoms with Crippen molar-refractivity contribution in [2.24, 2.45) is 5.10 Å². The summed E-state index contributed by atoms with van der Waals surface area (Å²) in [6, 6.07) is 13.4. The highest BCUT2D eigenvalue weighted by molar-refractivity contribution is 7.86. The Labute approximate surface area is 202 Å². The third kappa shape index (κ3) is 6.15. The molecule has 0 aliphatic heterocycles. The molecule has 0 fully saturated rings. The summed E-state index contributed by atoms with van der Waals surface area (Å²) < 4.78 is 73.5. The second kappa shape index (κ2) is 10.1. The quantitative estimate of drug-likeness (QED) is 0.245. The molecule has 0 aliphatic rings. The number of amides is 1. The normalized spacial score (nSPS) is 12.2. The van der Waals surface area contributed by atoms with Gasteiger partial charge in [0.05, 0.1) is 23.2 Å². The molecule has 2 N–H and O–H groups in total. The van der Waals surface area contributed by atoms with Crippen molar-refractivity contribution in [1.29, 1.82) is 0 Å². The number of hydrogen-bond acceptors (Lipinski definition) is 4. The lowest BCUT2D eigenvalue weighted by Crippen LogP contribution is -2.19. The lowest BCUT2D eigenvalue weighted by Gasteiger charge is -2.17. The zero-order valence-corrected chi connectivity index (χ0v) is 19.3. The minimum absolute atomic E-state index is 0.0358. The SMILES string of the molecule is O=C(Cc1cccc(Cl)c1)N/N=C/c1ccccc1-c1c(S(=O)(=O)O)ccc(C(F)(F)F)c1Cl. The number of hydrazone groups is 1. The van der Waals surface area contributed by atoms with Gasteiger partial charge in [-0.2, -0.15) is 26.7 Å². The van der Waals surface area contributed by atoms with Gasteiger partial charge in [0.1, 0.15) is 4.90 Å². The van der Waals surface area contributed by atoms with Crippen molar-refractivity contribution in [2.75, 3.05) is 0 Å². The van der Waals surface area contributed by atoms with E-state index >= 15 is 0 Å². The maximum Gasteiger partial charge on any atom is 0.417 e. The fourth-order valence-corrected chi connectivity index (χ4v) is 4.48. The van der Waals surface area contributed by atoms with Gasteiger partial charge in [-0.15, -0.1) is 0 Å². The molecule has 3 rings (SSSR count). The average Bonchev–Trinajstić information content (AvgIpc) is 2.72. The van der Waals surface area contributed by atoms with Crippen LogP contribution in [0.2, 0.25) is 10.0 Å². The minimum atomic E-state index is -4.93. The number of carbonyl (C=O) groups excluding carboxylic acids is 1. The minimum Gasteiger partial charge on any atom is -0.282 e. The smallest absolute Gasteiger partial charge is 0.282 e. The Bertz CT molecular complexity index is 1380. The zero-order chi connectivity index (χ0) is 25.1. The van der Waals surface area contributed by atoms with Gasteiger partial charge in [-0.1, -0.05) is 59.6 Å². The van der Waals surface area contributed by atoms with Gasteiger partial charge in [-0.25, -0.2) is 5.43 Å². The maximum absolute atomic E-state index is 13.4. The number of hydrogen-bond donors (Lipinski definition) is 2. The summed E-state index contributed by atoms with van der Waals surface area (Å²) in [6.45, 7) is 0. The molecule has 0 bridgehead atoms. The van der Waals surface area contributed by atoms with Crippen LogP contribution in [0, 0.1) is 0 Å². The van der Waals surface area contributed by atoms with Crippen molar-refractivity contribution in [1.82, 2.24) is 5.43 Å². The van der Waals surface area contributed by atoms with Crippen molar-refractivity contribution < 1.29 is 30.9 Å². The van der Waals surface area contributed by atoms with Crippen LogP contribution in [-0.4, -0.2) is 25.1 Å². The van der Waals surface area contributed by atoms with E-state index in [0.29, 0.717) is 22.7 Å². The third-order valence-electron chi connectivity index (χ3n) is 4.56. The highest BCUT2D eigenvalue weighted by Crippen LogP contribution is 2.43. The van der Waals surface area contributed by atoms with E-state index in [1.165, 1.54) is 24.3 Å². The first kappa shape index (κ1) is 25.7. The van der Waals surface area contributed by atoms with E-state index in [-0.39, 0.29) is 17.5 Å². The molecule has 0 radical (unpaired) electrons. The van der Waals surface area contributed by atoms with Gasteiger partial charge in [-0.3, -0.25) is 9.35 Å². The molecule has 0 unspecified atom stereocenters. The van der Waals surface area contributed by atoms with Crippen LogP contribution < -0.4 is 5.43 Å². The van der Waals surface area contributed by atoms with Gasteiger partial charge in [0.15, 0.2) is 0 Å². The van der Waals surface area contributed by atoms with Crippen LogP contribution >= 0.6 is 23.2 Å². The van der Waals surface area contributed by atoms with Crippen LogP contribution in [0.4, 0.5) is 13.2 Å². The van der Waals surface area contributed by atoms with Crippen molar-refractivity contribution in [3.05, 3.63) is 87.4 Å². The Balaban J connectivity index is 1.98. The number of rotatable bonds is 6. The van der Waals surface area contributed by atoms with Crippen LogP contribution in [0.25, 0.3) is 11.1 Å². The van der Waals surface area contributed by atoms with Crippen LogP contribution in [0.5, 0.6) is 0 Å². The molecule has 0 spiro atoms. The van der Waals surface area contributed by atoms with E-state index in [0.717, 1.165) is 6.21 Å². The Morgan fingerprint density at radius 3 is 2.41 bits per heavy atom. The number of carbonyl (C=O) groups is 1. The summed E-state index contributed by atoms with van der Waals surface area (Å²) >= 11 is 11.9. The van der Waals surface area contributed by atoms with E-state index in [2.05, 4.69) is 10.5 Å². The number of halogens is 5. The molecular formula is C22H15Cl2F3N2O4S. The Morgan fingerprint density at radius 2 is 1.76 bits per heavy atom. The van der Waals surface area contributed by atoms with Crippen LogP contribution in [0.1, 0.15) is 16.7 Å². The molecule has 1 amide bonds. The summed E-state index contributed by atoms with van der Waals surface area (Å²) in [5.74, 6) is -0.494. The molecule has 3 aromatic carbocycles. The van der Waals surface area contributed by atoms with Crippen molar-refractivity contribution in [3.8, 4) is 11.1 Å². The van der Waals surface area contributed by atoms with E-state index in [1.807, 2.05) is 0 Å². The predicted octanol–water partition coefficient (Wildman–Crippen LogP) is 5.62. The first-order valence-electron chi connectivity index (χ1n) is 9.41. The van der Waals surface area contributed by atoms with E-state index in [9.17, 15) is 30.9 Å². The van der Waals surface area contributed by atoms with Crippen LogP contribution in [-0.2, 0) is 27.5 Å². The molecule has 6 nitrogen and oxygen atoms in total. The molecule has 0 atom stereocenters. The fraction of sp³-hybridized carbons (Fsp3) is 0.0909. The molecule has 3 aromatic rings.